The van der Waals surface area contributed by atoms with E-state index in [1.807, 2.05) is 0 Å². The number of nitrogens with zero attached hydrogens (tertiary/aromatic N) is 1. The number of benzene rings is 1. The largest absolute Gasteiger partial charge is 0.508 e. The zero-order valence-electron chi connectivity index (χ0n) is 9.95. The molecule has 18 heavy (non-hydrogen) atoms. The van der Waals surface area contributed by atoms with Gasteiger partial charge in [0.25, 0.3) is 0 Å². The molecule has 0 bridgehead atoms. The van der Waals surface area contributed by atoms with Gasteiger partial charge in [0.2, 0.25) is 5.91 Å². The highest BCUT2D eigenvalue weighted by molar-refractivity contribution is 6.31. The minimum absolute atomic E-state index is 0.139. The number of hydrogen-bond acceptors (Lipinski definition) is 3. The molecular weight excluding hydrogens is 252 g/mol. The molecule has 1 amide bonds. The summed E-state index contributed by atoms with van der Waals surface area (Å²) < 4.78 is 0. The minimum atomic E-state index is -0.234. The molecule has 2 aliphatic rings. The van der Waals surface area contributed by atoms with Gasteiger partial charge in [0.05, 0.1) is 0 Å². The summed E-state index contributed by atoms with van der Waals surface area (Å²) in [6, 6.07) is 3.31. The van der Waals surface area contributed by atoms with Crippen molar-refractivity contribution in [3.8, 4) is 5.75 Å². The van der Waals surface area contributed by atoms with Gasteiger partial charge in [-0.15, -0.1) is 0 Å². The summed E-state index contributed by atoms with van der Waals surface area (Å²) in [5, 5.41) is 14.0. The third kappa shape index (κ3) is 1.76. The minimum Gasteiger partial charge on any atom is -0.508 e. The molecule has 3 rings (SSSR count). The summed E-state index contributed by atoms with van der Waals surface area (Å²) in [6.45, 7) is 1.51. The molecule has 1 saturated heterocycles. The molecule has 5 heteroatoms. The fourth-order valence-electron chi connectivity index (χ4n) is 2.83. The lowest BCUT2D eigenvalue weighted by atomic mass is 9.96. The van der Waals surface area contributed by atoms with E-state index < -0.39 is 0 Å². The molecule has 0 radical (unpaired) electrons. The molecule has 2 heterocycles. The summed E-state index contributed by atoms with van der Waals surface area (Å²) >= 11 is 6.18. The van der Waals surface area contributed by atoms with E-state index in [2.05, 4.69) is 5.32 Å². The predicted octanol–water partition coefficient (Wildman–Crippen LogP) is 1.81. The Labute approximate surface area is 111 Å². The molecule has 0 saturated carbocycles. The summed E-state index contributed by atoms with van der Waals surface area (Å²) in [7, 11) is 0. The van der Waals surface area contributed by atoms with E-state index in [1.54, 1.807) is 17.0 Å². The van der Waals surface area contributed by atoms with Gasteiger partial charge in [0.15, 0.2) is 0 Å². The molecule has 2 aliphatic heterocycles. The van der Waals surface area contributed by atoms with Crippen molar-refractivity contribution in [2.24, 2.45) is 0 Å². The highest BCUT2D eigenvalue weighted by Crippen LogP contribution is 2.38. The topological polar surface area (TPSA) is 52.6 Å². The molecule has 2 N–H and O–H groups in total. The quantitative estimate of drug-likeness (QED) is 0.815. The predicted molar refractivity (Wildman–Crippen MR) is 68.5 cm³/mol. The highest BCUT2D eigenvalue weighted by atomic mass is 35.5. The second kappa shape index (κ2) is 4.44. The van der Waals surface area contributed by atoms with Crippen LogP contribution >= 0.6 is 11.6 Å². The summed E-state index contributed by atoms with van der Waals surface area (Å²) in [6.07, 6.45) is 2.02. The molecule has 0 aliphatic carbocycles. The number of phenolic OH excluding ortho intramolecular Hbond substituents is 1. The van der Waals surface area contributed by atoms with E-state index in [9.17, 15) is 9.90 Å². The van der Waals surface area contributed by atoms with Crippen LogP contribution < -0.4 is 5.32 Å². The third-order valence-electron chi connectivity index (χ3n) is 3.68. The second-order valence-corrected chi connectivity index (χ2v) is 5.16. The normalized spacial score (nSPS) is 23.3. The van der Waals surface area contributed by atoms with Crippen molar-refractivity contribution in [2.75, 3.05) is 13.1 Å². The number of hydrogen-bond donors (Lipinski definition) is 2. The molecule has 1 unspecified atom stereocenters. The molecule has 0 spiro atoms. The van der Waals surface area contributed by atoms with Crippen LogP contribution in [0.15, 0.2) is 12.1 Å². The summed E-state index contributed by atoms with van der Waals surface area (Å²) in [4.78, 5) is 13.7. The molecule has 0 aromatic heterocycles. The van der Waals surface area contributed by atoms with E-state index in [0.717, 1.165) is 37.1 Å². The number of carbonyl (C=O) groups is 1. The first-order valence-corrected chi connectivity index (χ1v) is 6.59. The van der Waals surface area contributed by atoms with Crippen molar-refractivity contribution in [3.05, 3.63) is 28.3 Å². The van der Waals surface area contributed by atoms with E-state index in [-0.39, 0.29) is 17.8 Å². The zero-order chi connectivity index (χ0) is 12.7. The number of rotatable bonds is 1. The van der Waals surface area contributed by atoms with Crippen molar-refractivity contribution >= 4 is 17.5 Å². The van der Waals surface area contributed by atoms with Crippen LogP contribution in [0.5, 0.6) is 5.75 Å². The number of carbonyl (C=O) groups excluding carboxylic acids is 1. The lowest BCUT2D eigenvalue weighted by molar-refractivity contribution is -0.130. The number of phenols is 1. The molecule has 1 aromatic rings. The van der Waals surface area contributed by atoms with Gasteiger partial charge in [-0.05, 0) is 30.5 Å². The van der Waals surface area contributed by atoms with Gasteiger partial charge in [0.1, 0.15) is 11.9 Å². The van der Waals surface area contributed by atoms with Crippen molar-refractivity contribution in [2.45, 2.75) is 25.4 Å². The third-order valence-corrected chi connectivity index (χ3v) is 4.04. The maximum absolute atomic E-state index is 11.9. The maximum atomic E-state index is 11.9. The van der Waals surface area contributed by atoms with Crippen LogP contribution in [0.3, 0.4) is 0 Å². The van der Waals surface area contributed by atoms with E-state index in [1.165, 1.54) is 0 Å². The van der Waals surface area contributed by atoms with E-state index in [0.29, 0.717) is 11.4 Å². The second-order valence-electron chi connectivity index (χ2n) is 4.76. The number of halogens is 1. The fourth-order valence-corrected chi connectivity index (χ4v) is 3.09. The van der Waals surface area contributed by atoms with Crippen LogP contribution in [0.4, 0.5) is 0 Å². The average Bonchev–Trinajstić information content (AvgIpc) is 2.79. The van der Waals surface area contributed by atoms with Crippen LogP contribution in [0, 0.1) is 0 Å². The molecule has 1 atom stereocenters. The van der Waals surface area contributed by atoms with Crippen LogP contribution in [0.25, 0.3) is 0 Å². The Bertz CT molecular complexity index is 504. The molecule has 4 nitrogen and oxygen atoms in total. The number of amides is 1. The Morgan fingerprint density at radius 1 is 1.39 bits per heavy atom. The molecule has 1 fully saturated rings. The number of nitrogens with one attached hydrogen (secondary N) is 1. The van der Waals surface area contributed by atoms with Crippen LogP contribution in [-0.4, -0.2) is 29.0 Å². The lowest BCUT2D eigenvalue weighted by Crippen LogP contribution is -2.43. The van der Waals surface area contributed by atoms with Gasteiger partial charge in [0, 0.05) is 30.1 Å². The first-order valence-electron chi connectivity index (χ1n) is 6.21. The van der Waals surface area contributed by atoms with Crippen LogP contribution in [-0.2, 0) is 11.2 Å². The smallest absolute Gasteiger partial charge is 0.224 e. The van der Waals surface area contributed by atoms with Crippen LogP contribution in [0.2, 0.25) is 5.02 Å². The van der Waals surface area contributed by atoms with Gasteiger partial charge in [-0.3, -0.25) is 10.1 Å². The van der Waals surface area contributed by atoms with Crippen LogP contribution in [0.1, 0.15) is 30.1 Å². The maximum Gasteiger partial charge on any atom is 0.224 e. The van der Waals surface area contributed by atoms with Gasteiger partial charge < -0.3 is 10.0 Å². The monoisotopic (exact) mass is 266 g/mol. The van der Waals surface area contributed by atoms with Gasteiger partial charge in [-0.25, -0.2) is 0 Å². The lowest BCUT2D eigenvalue weighted by Gasteiger charge is -2.34. The van der Waals surface area contributed by atoms with Gasteiger partial charge >= 0.3 is 0 Å². The van der Waals surface area contributed by atoms with Crippen molar-refractivity contribution in [3.63, 3.8) is 0 Å². The summed E-state index contributed by atoms with van der Waals surface area (Å²) in [5.41, 5.74) is 1.73. The number of likely N-dealkylation sites (tertiary alicyclic amines) is 1. The van der Waals surface area contributed by atoms with E-state index >= 15 is 0 Å². The number of aromatic hydroxyl groups is 1. The van der Waals surface area contributed by atoms with Crippen molar-refractivity contribution < 1.29 is 9.90 Å². The highest BCUT2D eigenvalue weighted by Gasteiger charge is 2.34. The van der Waals surface area contributed by atoms with Gasteiger partial charge in [-0.1, -0.05) is 11.6 Å². The molecule has 1 aromatic carbocycles. The van der Waals surface area contributed by atoms with Gasteiger partial charge in [-0.2, -0.15) is 0 Å². The SMILES string of the molecule is O=C1CCCN1C1NCCc2c(Cl)ccc(O)c21. The Balaban J connectivity index is 2.06. The first-order chi connectivity index (χ1) is 8.68. The Morgan fingerprint density at radius 2 is 2.22 bits per heavy atom. The fraction of sp³-hybridized carbons (Fsp3) is 0.462. The summed E-state index contributed by atoms with van der Waals surface area (Å²) in [5.74, 6) is 0.353. The molecule has 96 valence electrons. The zero-order valence-corrected chi connectivity index (χ0v) is 10.7. The first kappa shape index (κ1) is 11.8. The average molecular weight is 267 g/mol. The Hall–Kier alpha value is -1.26. The Morgan fingerprint density at radius 3 is 2.94 bits per heavy atom. The van der Waals surface area contributed by atoms with Crippen molar-refractivity contribution in [1.29, 1.82) is 0 Å². The number of fused-ring (bicyclic) bond motifs is 1. The molecular formula is C13H15ClN2O2. The Kier molecular flexibility index (Phi) is 2.92. The standard InChI is InChI=1S/C13H15ClN2O2/c14-9-3-4-10(17)12-8(9)5-6-15-13(12)16-7-1-2-11(16)18/h3-4,13,15,17H,1-2,5-7H2. The van der Waals surface area contributed by atoms with Crippen molar-refractivity contribution in [1.82, 2.24) is 10.2 Å². The van der Waals surface area contributed by atoms with E-state index in [4.69, 9.17) is 11.6 Å².